The van der Waals surface area contributed by atoms with Crippen molar-refractivity contribution in [3.63, 3.8) is 0 Å². The van der Waals surface area contributed by atoms with Crippen LogP contribution >= 0.6 is 11.6 Å². The summed E-state index contributed by atoms with van der Waals surface area (Å²) in [7, 11) is 0. The van der Waals surface area contributed by atoms with Gasteiger partial charge in [-0.1, -0.05) is 43.6 Å². The minimum atomic E-state index is -0.587. The molecule has 6 nitrogen and oxygen atoms in total. The van der Waals surface area contributed by atoms with Crippen LogP contribution < -0.4 is 11.1 Å². The van der Waals surface area contributed by atoms with E-state index in [1.54, 1.807) is 13.0 Å². The molecule has 4 N–H and O–H groups in total. The zero-order valence-corrected chi connectivity index (χ0v) is 18.6. The number of carbonyl (C=O) groups is 2. The third-order valence-electron chi connectivity index (χ3n) is 5.37. The standard InChI is InChI=1S/C23H29ClN2O4/c1-4-30-22(28)21-17(13-29-10-9-25)26-16-11-23(2,3)12-18(27)20(16)19(21)14-7-5-6-8-15(14)24/h5-8,19,26H,4,9-13,25H2,1-3H3/p+1. The van der Waals surface area contributed by atoms with Crippen LogP contribution in [0.2, 0.25) is 5.02 Å². The van der Waals surface area contributed by atoms with Gasteiger partial charge in [-0.3, -0.25) is 4.79 Å². The highest BCUT2D eigenvalue weighted by atomic mass is 35.5. The summed E-state index contributed by atoms with van der Waals surface area (Å²) in [5, 5.41) is 3.87. The molecular formula is C23H30ClN2O4+. The number of quaternary nitrogens is 1. The first-order valence-corrected chi connectivity index (χ1v) is 10.7. The fourth-order valence-electron chi connectivity index (χ4n) is 4.21. The van der Waals surface area contributed by atoms with Gasteiger partial charge in [0.25, 0.3) is 0 Å². The van der Waals surface area contributed by atoms with Crippen molar-refractivity contribution in [3.05, 3.63) is 57.4 Å². The van der Waals surface area contributed by atoms with E-state index in [-0.39, 0.29) is 24.4 Å². The first-order valence-electron chi connectivity index (χ1n) is 10.3. The Morgan fingerprint density at radius 3 is 2.70 bits per heavy atom. The third kappa shape index (κ3) is 4.61. The van der Waals surface area contributed by atoms with Gasteiger partial charge in [-0.25, -0.2) is 4.79 Å². The number of hydrogen-bond acceptors (Lipinski definition) is 5. The van der Waals surface area contributed by atoms with E-state index >= 15 is 0 Å². The Morgan fingerprint density at radius 2 is 2.03 bits per heavy atom. The van der Waals surface area contributed by atoms with E-state index in [0.29, 0.717) is 47.9 Å². The number of hydrogen-bond donors (Lipinski definition) is 2. The molecule has 1 aliphatic heterocycles. The van der Waals surface area contributed by atoms with Gasteiger partial charge in [0, 0.05) is 28.6 Å². The largest absolute Gasteiger partial charge is 0.463 e. The zero-order valence-electron chi connectivity index (χ0n) is 17.8. The molecule has 0 saturated carbocycles. The number of carbonyl (C=O) groups excluding carboxylic acids is 2. The Bertz CT molecular complexity index is 904. The number of esters is 1. The fraction of sp³-hybridized carbons (Fsp3) is 0.478. The molecule has 0 saturated heterocycles. The number of allylic oxidation sites excluding steroid dienone is 2. The van der Waals surface area contributed by atoms with E-state index in [9.17, 15) is 9.59 Å². The molecule has 1 atom stereocenters. The van der Waals surface area contributed by atoms with Crippen LogP contribution in [-0.2, 0) is 19.1 Å². The topological polar surface area (TPSA) is 92.3 Å². The number of benzene rings is 1. The summed E-state index contributed by atoms with van der Waals surface area (Å²) in [6, 6.07) is 7.34. The van der Waals surface area contributed by atoms with Crippen molar-refractivity contribution in [2.24, 2.45) is 5.41 Å². The Kier molecular flexibility index (Phi) is 7.01. The first kappa shape index (κ1) is 22.5. The van der Waals surface area contributed by atoms with Gasteiger partial charge in [0.1, 0.15) is 0 Å². The lowest BCUT2D eigenvalue weighted by Crippen LogP contribution is -2.52. The molecule has 1 aliphatic carbocycles. The van der Waals surface area contributed by atoms with Crippen molar-refractivity contribution in [1.82, 2.24) is 5.32 Å². The van der Waals surface area contributed by atoms with E-state index in [1.165, 1.54) is 0 Å². The van der Waals surface area contributed by atoms with Crippen LogP contribution in [0.4, 0.5) is 0 Å². The van der Waals surface area contributed by atoms with Gasteiger partial charge in [0.05, 0.1) is 37.6 Å². The summed E-state index contributed by atoms with van der Waals surface area (Å²) < 4.78 is 11.1. The molecular weight excluding hydrogens is 404 g/mol. The molecule has 162 valence electrons. The second-order valence-electron chi connectivity index (χ2n) is 8.43. The number of halogens is 1. The first-order chi connectivity index (χ1) is 14.3. The Balaban J connectivity index is 2.19. The van der Waals surface area contributed by atoms with E-state index in [1.807, 2.05) is 18.2 Å². The van der Waals surface area contributed by atoms with Crippen molar-refractivity contribution in [1.29, 1.82) is 0 Å². The summed E-state index contributed by atoms with van der Waals surface area (Å²) in [5.41, 5.74) is 6.80. The summed E-state index contributed by atoms with van der Waals surface area (Å²) in [5.74, 6) is -1.03. The Labute approximate surface area is 182 Å². The molecule has 1 heterocycles. The number of nitrogens with one attached hydrogen (secondary N) is 1. The number of dihydropyridines is 1. The van der Waals surface area contributed by atoms with Crippen molar-refractivity contribution >= 4 is 23.4 Å². The summed E-state index contributed by atoms with van der Waals surface area (Å²) in [6.07, 6.45) is 1.11. The highest BCUT2D eigenvalue weighted by Crippen LogP contribution is 2.48. The molecule has 0 spiro atoms. The zero-order chi connectivity index (χ0) is 21.9. The summed E-state index contributed by atoms with van der Waals surface area (Å²) >= 11 is 6.55. The molecule has 1 aromatic carbocycles. The van der Waals surface area contributed by atoms with E-state index in [2.05, 4.69) is 24.9 Å². The number of ether oxygens (including phenoxy) is 2. The SMILES string of the molecule is CCOC(=O)C1=C(COCC[NH3+])NC2=C(C(=O)CC(C)(C)C2)C1c1ccccc1Cl. The summed E-state index contributed by atoms with van der Waals surface area (Å²) in [4.78, 5) is 26.4. The van der Waals surface area contributed by atoms with E-state index < -0.39 is 11.9 Å². The van der Waals surface area contributed by atoms with Crippen LogP contribution in [0.25, 0.3) is 0 Å². The van der Waals surface area contributed by atoms with Gasteiger partial charge in [0.15, 0.2) is 5.78 Å². The molecule has 0 fully saturated rings. The van der Waals surface area contributed by atoms with Gasteiger partial charge in [-0.15, -0.1) is 0 Å². The lowest BCUT2D eigenvalue weighted by atomic mass is 9.68. The molecule has 3 rings (SSSR count). The second kappa shape index (κ2) is 9.33. The average molecular weight is 434 g/mol. The number of rotatable bonds is 7. The molecule has 7 heteroatoms. The van der Waals surface area contributed by atoms with Gasteiger partial charge < -0.3 is 20.5 Å². The van der Waals surface area contributed by atoms with Gasteiger partial charge in [0.2, 0.25) is 0 Å². The summed E-state index contributed by atoms with van der Waals surface area (Å²) in [6.45, 7) is 7.43. The number of Topliss-reactive ketones (excluding diaryl/α,β-unsaturated/α-hetero) is 1. The smallest absolute Gasteiger partial charge is 0.336 e. The van der Waals surface area contributed by atoms with Crippen molar-refractivity contribution in [3.8, 4) is 0 Å². The molecule has 0 amide bonds. The predicted molar refractivity (Wildman–Crippen MR) is 115 cm³/mol. The molecule has 1 unspecified atom stereocenters. The lowest BCUT2D eigenvalue weighted by Gasteiger charge is -2.40. The lowest BCUT2D eigenvalue weighted by molar-refractivity contribution is -0.373. The van der Waals surface area contributed by atoms with Gasteiger partial charge >= 0.3 is 5.97 Å². The Morgan fingerprint density at radius 1 is 1.30 bits per heavy atom. The van der Waals surface area contributed by atoms with Crippen LogP contribution in [0.1, 0.15) is 45.1 Å². The molecule has 30 heavy (non-hydrogen) atoms. The van der Waals surface area contributed by atoms with Crippen LogP contribution in [0.15, 0.2) is 46.8 Å². The highest BCUT2D eigenvalue weighted by Gasteiger charge is 2.44. The van der Waals surface area contributed by atoms with E-state index in [0.717, 1.165) is 11.3 Å². The van der Waals surface area contributed by atoms with Gasteiger partial charge in [-0.2, -0.15) is 0 Å². The van der Waals surface area contributed by atoms with Crippen molar-refractivity contribution in [2.75, 3.05) is 26.4 Å². The van der Waals surface area contributed by atoms with Crippen molar-refractivity contribution in [2.45, 2.75) is 39.5 Å². The predicted octanol–water partition coefficient (Wildman–Crippen LogP) is 2.75. The van der Waals surface area contributed by atoms with E-state index in [4.69, 9.17) is 21.1 Å². The maximum atomic E-state index is 13.3. The second-order valence-corrected chi connectivity index (χ2v) is 8.84. The van der Waals surface area contributed by atoms with Crippen molar-refractivity contribution < 1.29 is 24.8 Å². The van der Waals surface area contributed by atoms with Crippen LogP contribution in [-0.4, -0.2) is 38.1 Å². The quantitative estimate of drug-likeness (QED) is 0.509. The third-order valence-corrected chi connectivity index (χ3v) is 5.72. The molecule has 0 aromatic heterocycles. The molecule has 0 radical (unpaired) electrons. The van der Waals surface area contributed by atoms with Gasteiger partial charge in [-0.05, 0) is 30.4 Å². The average Bonchev–Trinajstić information content (AvgIpc) is 2.66. The Hall–Kier alpha value is -2.15. The molecule has 1 aromatic rings. The normalized spacial score (nSPS) is 20.7. The monoisotopic (exact) mass is 433 g/mol. The minimum absolute atomic E-state index is 0.0261. The highest BCUT2D eigenvalue weighted by molar-refractivity contribution is 6.31. The van der Waals surface area contributed by atoms with Crippen LogP contribution in [0, 0.1) is 5.41 Å². The fourth-order valence-corrected chi connectivity index (χ4v) is 4.45. The van der Waals surface area contributed by atoms with Crippen LogP contribution in [0.3, 0.4) is 0 Å². The van der Waals surface area contributed by atoms with Crippen LogP contribution in [0.5, 0.6) is 0 Å². The number of ketones is 1. The maximum Gasteiger partial charge on any atom is 0.336 e. The molecule has 2 aliphatic rings. The minimum Gasteiger partial charge on any atom is -0.463 e. The molecule has 0 bridgehead atoms. The maximum absolute atomic E-state index is 13.3.